The van der Waals surface area contributed by atoms with Crippen LogP contribution in [0.15, 0.2) is 41.1 Å². The van der Waals surface area contributed by atoms with E-state index in [1.165, 1.54) is 6.20 Å². The number of hydrogen-bond acceptors (Lipinski definition) is 4. The van der Waals surface area contributed by atoms with Gasteiger partial charge in [0.15, 0.2) is 5.76 Å². The second-order valence-corrected chi connectivity index (χ2v) is 4.60. The summed E-state index contributed by atoms with van der Waals surface area (Å²) in [6, 6.07) is 6.85. The van der Waals surface area contributed by atoms with Crippen LogP contribution in [0.1, 0.15) is 21.9 Å². The van der Waals surface area contributed by atoms with Crippen molar-refractivity contribution in [2.45, 2.75) is 6.92 Å². The Labute approximate surface area is 114 Å². The quantitative estimate of drug-likeness (QED) is 0.671. The van der Waals surface area contributed by atoms with E-state index in [-0.39, 0.29) is 17.2 Å². The molecule has 0 unspecified atom stereocenters. The molecule has 94 valence electrons. The van der Waals surface area contributed by atoms with Gasteiger partial charge in [-0.3, -0.25) is 9.78 Å². The van der Waals surface area contributed by atoms with Crippen LogP contribution in [-0.2, 0) is 0 Å². The molecule has 19 heavy (non-hydrogen) atoms. The van der Waals surface area contributed by atoms with Gasteiger partial charge in [0.05, 0.1) is 11.9 Å². The first-order valence-corrected chi connectivity index (χ1v) is 6.04. The molecular weight excluding hydrogens is 264 g/mol. The zero-order valence-electron chi connectivity index (χ0n) is 10.1. The van der Waals surface area contributed by atoms with Crippen LogP contribution >= 0.6 is 11.6 Å². The smallest absolute Gasteiger partial charge is 0.248 e. The third-order valence-electron chi connectivity index (χ3n) is 2.72. The molecule has 2 heterocycles. The van der Waals surface area contributed by atoms with Crippen molar-refractivity contribution in [1.82, 2.24) is 9.97 Å². The average molecular weight is 273 g/mol. The third-order valence-corrected chi connectivity index (χ3v) is 2.95. The predicted molar refractivity (Wildman–Crippen MR) is 71.4 cm³/mol. The van der Waals surface area contributed by atoms with Crippen LogP contribution in [0, 0.1) is 6.92 Å². The molecule has 0 amide bonds. The fourth-order valence-corrected chi connectivity index (χ4v) is 1.94. The van der Waals surface area contributed by atoms with Gasteiger partial charge >= 0.3 is 0 Å². The van der Waals surface area contributed by atoms with Crippen molar-refractivity contribution < 1.29 is 9.21 Å². The van der Waals surface area contributed by atoms with Crippen LogP contribution < -0.4 is 0 Å². The molecule has 3 rings (SSSR count). The number of halogens is 1. The van der Waals surface area contributed by atoms with Gasteiger partial charge in [-0.1, -0.05) is 11.6 Å². The van der Waals surface area contributed by atoms with E-state index in [1.54, 1.807) is 30.5 Å². The van der Waals surface area contributed by atoms with Gasteiger partial charge in [0.1, 0.15) is 11.3 Å². The standard InChI is InChI=1S/C14H9ClN2O2/c1-8-6-17-11(7-16-8)14(18)13-5-9-4-10(15)2-3-12(9)19-13/h2-7H,1H3. The van der Waals surface area contributed by atoms with Gasteiger partial charge in [-0.2, -0.15) is 0 Å². The molecule has 0 saturated heterocycles. The highest BCUT2D eigenvalue weighted by atomic mass is 35.5. The highest BCUT2D eigenvalue weighted by Crippen LogP contribution is 2.24. The summed E-state index contributed by atoms with van der Waals surface area (Å²) in [4.78, 5) is 20.3. The molecule has 5 heteroatoms. The molecule has 0 atom stereocenters. The monoisotopic (exact) mass is 272 g/mol. The van der Waals surface area contributed by atoms with Gasteiger partial charge in [0, 0.05) is 16.6 Å². The van der Waals surface area contributed by atoms with Crippen LogP contribution in [-0.4, -0.2) is 15.8 Å². The van der Waals surface area contributed by atoms with Crippen LogP contribution in [0.5, 0.6) is 0 Å². The number of benzene rings is 1. The van der Waals surface area contributed by atoms with Gasteiger partial charge in [-0.25, -0.2) is 4.98 Å². The number of carbonyl (C=O) groups is 1. The van der Waals surface area contributed by atoms with E-state index in [4.69, 9.17) is 16.0 Å². The Balaban J connectivity index is 2.04. The maximum absolute atomic E-state index is 12.2. The van der Waals surface area contributed by atoms with Crippen LogP contribution in [0.25, 0.3) is 11.0 Å². The van der Waals surface area contributed by atoms with Crippen LogP contribution in [0.3, 0.4) is 0 Å². The second-order valence-electron chi connectivity index (χ2n) is 4.16. The lowest BCUT2D eigenvalue weighted by Crippen LogP contribution is -2.03. The van der Waals surface area contributed by atoms with E-state index in [1.807, 2.05) is 6.92 Å². The number of aryl methyl sites for hydroxylation is 1. The molecule has 0 saturated carbocycles. The van der Waals surface area contributed by atoms with E-state index in [9.17, 15) is 4.79 Å². The normalized spacial score (nSPS) is 10.8. The molecular formula is C14H9ClN2O2. The lowest BCUT2D eigenvalue weighted by atomic mass is 10.2. The molecule has 2 aromatic heterocycles. The number of carbonyl (C=O) groups excluding carboxylic acids is 1. The maximum atomic E-state index is 12.2. The molecule has 0 bridgehead atoms. The van der Waals surface area contributed by atoms with Crippen molar-refractivity contribution in [3.63, 3.8) is 0 Å². The summed E-state index contributed by atoms with van der Waals surface area (Å²) in [6.45, 7) is 1.81. The molecule has 1 aromatic carbocycles. The Kier molecular flexibility index (Phi) is 2.80. The third kappa shape index (κ3) is 2.22. The minimum atomic E-state index is -0.292. The van der Waals surface area contributed by atoms with E-state index in [0.29, 0.717) is 10.6 Å². The topological polar surface area (TPSA) is 56.0 Å². The summed E-state index contributed by atoms with van der Waals surface area (Å²) in [5.41, 5.74) is 1.64. The van der Waals surface area contributed by atoms with Crippen molar-refractivity contribution >= 4 is 28.4 Å². The summed E-state index contributed by atoms with van der Waals surface area (Å²) >= 11 is 5.89. The Hall–Kier alpha value is -2.20. The minimum Gasteiger partial charge on any atom is -0.453 e. The van der Waals surface area contributed by atoms with Crippen molar-refractivity contribution in [2.75, 3.05) is 0 Å². The first-order chi connectivity index (χ1) is 9.13. The summed E-state index contributed by atoms with van der Waals surface area (Å²) in [6.07, 6.45) is 2.99. The molecule has 3 aromatic rings. The Morgan fingerprint density at radius 3 is 2.79 bits per heavy atom. The first-order valence-electron chi connectivity index (χ1n) is 5.66. The number of furan rings is 1. The van der Waals surface area contributed by atoms with Gasteiger partial charge in [-0.05, 0) is 31.2 Å². The number of rotatable bonds is 2. The Morgan fingerprint density at radius 1 is 1.21 bits per heavy atom. The van der Waals surface area contributed by atoms with Gasteiger partial charge in [0.25, 0.3) is 0 Å². The van der Waals surface area contributed by atoms with E-state index >= 15 is 0 Å². The predicted octanol–water partition coefficient (Wildman–Crippen LogP) is 3.42. The van der Waals surface area contributed by atoms with Gasteiger partial charge in [-0.15, -0.1) is 0 Å². The fourth-order valence-electron chi connectivity index (χ4n) is 1.76. The van der Waals surface area contributed by atoms with E-state index in [2.05, 4.69) is 9.97 Å². The molecule has 0 aliphatic carbocycles. The average Bonchev–Trinajstić information content (AvgIpc) is 2.81. The van der Waals surface area contributed by atoms with Crippen molar-refractivity contribution in [3.05, 3.63) is 58.8 Å². The van der Waals surface area contributed by atoms with Gasteiger partial charge in [0.2, 0.25) is 5.78 Å². The minimum absolute atomic E-state index is 0.232. The number of ketones is 1. The fraction of sp³-hybridized carbons (Fsp3) is 0.0714. The van der Waals surface area contributed by atoms with Crippen molar-refractivity contribution in [3.8, 4) is 0 Å². The molecule has 0 aliphatic rings. The summed E-state index contributed by atoms with van der Waals surface area (Å²) in [5.74, 6) is -0.0600. The summed E-state index contributed by atoms with van der Waals surface area (Å²) in [5, 5.41) is 1.39. The highest BCUT2D eigenvalue weighted by molar-refractivity contribution is 6.31. The van der Waals surface area contributed by atoms with E-state index in [0.717, 1.165) is 11.1 Å². The van der Waals surface area contributed by atoms with Crippen molar-refractivity contribution in [1.29, 1.82) is 0 Å². The largest absolute Gasteiger partial charge is 0.453 e. The summed E-state index contributed by atoms with van der Waals surface area (Å²) in [7, 11) is 0. The van der Waals surface area contributed by atoms with Crippen LogP contribution in [0.2, 0.25) is 5.02 Å². The lowest BCUT2D eigenvalue weighted by Gasteiger charge is -1.96. The van der Waals surface area contributed by atoms with Crippen LogP contribution in [0.4, 0.5) is 0 Å². The highest BCUT2D eigenvalue weighted by Gasteiger charge is 2.16. The molecule has 4 nitrogen and oxygen atoms in total. The Bertz CT molecular complexity index is 763. The maximum Gasteiger partial charge on any atom is 0.248 e. The SMILES string of the molecule is Cc1cnc(C(=O)c2cc3cc(Cl)ccc3o2)cn1. The number of fused-ring (bicyclic) bond motifs is 1. The number of hydrogen-bond donors (Lipinski definition) is 0. The summed E-state index contributed by atoms with van der Waals surface area (Å²) < 4.78 is 5.49. The van der Waals surface area contributed by atoms with Crippen molar-refractivity contribution in [2.24, 2.45) is 0 Å². The zero-order chi connectivity index (χ0) is 13.4. The molecule has 0 radical (unpaired) electrons. The molecule has 0 fully saturated rings. The molecule has 0 spiro atoms. The van der Waals surface area contributed by atoms with Gasteiger partial charge < -0.3 is 4.42 Å². The first kappa shape index (κ1) is 11.9. The zero-order valence-corrected chi connectivity index (χ0v) is 10.8. The molecule has 0 aliphatic heterocycles. The lowest BCUT2D eigenvalue weighted by molar-refractivity contribution is 0.101. The number of nitrogens with zero attached hydrogens (tertiary/aromatic N) is 2. The Morgan fingerprint density at radius 2 is 2.05 bits per heavy atom. The molecule has 0 N–H and O–H groups in total. The second kappa shape index (κ2) is 4.48. The number of aromatic nitrogens is 2. The van der Waals surface area contributed by atoms with E-state index < -0.39 is 0 Å².